The third-order valence-electron chi connectivity index (χ3n) is 5.01. The van der Waals surface area contributed by atoms with Gasteiger partial charge in [-0.2, -0.15) is 5.10 Å². The summed E-state index contributed by atoms with van der Waals surface area (Å²) in [6, 6.07) is 18.8. The zero-order valence-electron chi connectivity index (χ0n) is 17.0. The van der Waals surface area contributed by atoms with Gasteiger partial charge in [-0.25, -0.2) is 12.9 Å². The van der Waals surface area contributed by atoms with Gasteiger partial charge in [0.05, 0.1) is 35.0 Å². The number of methoxy groups -OCH3 is 1. The molecule has 9 heteroatoms. The molecule has 3 heterocycles. The third kappa shape index (κ3) is 3.38. The standard InChI is InChI=1S/C23H17N5O3S/c1-31-17-7-5-6-16(14-17)23-22(20-15-24-12-13-28(20)27-23)19-10-11-21(26-25-19)32(29,30)18-8-3-2-4-9-18/h2-15H,1H3. The number of rotatable bonds is 5. The maximum atomic E-state index is 12.9. The molecule has 0 aliphatic rings. The van der Waals surface area contributed by atoms with Crippen LogP contribution in [0, 0.1) is 0 Å². The fourth-order valence-corrected chi connectivity index (χ4v) is 4.59. The van der Waals surface area contributed by atoms with Gasteiger partial charge in [0.2, 0.25) is 9.84 Å². The molecule has 0 saturated heterocycles. The quantitative estimate of drug-likeness (QED) is 0.408. The topological polar surface area (TPSA) is 99.3 Å². The SMILES string of the molecule is COc1cccc(-c2nn3ccncc3c2-c2ccc(S(=O)(=O)c3ccccc3)nn2)c1. The van der Waals surface area contributed by atoms with Crippen LogP contribution in [0.3, 0.4) is 0 Å². The van der Waals surface area contributed by atoms with Gasteiger partial charge in [0, 0.05) is 18.0 Å². The second kappa shape index (κ2) is 7.86. The zero-order valence-corrected chi connectivity index (χ0v) is 17.8. The summed E-state index contributed by atoms with van der Waals surface area (Å²) >= 11 is 0. The van der Waals surface area contributed by atoms with Crippen LogP contribution < -0.4 is 4.74 Å². The lowest BCUT2D eigenvalue weighted by atomic mass is 10.0. The fourth-order valence-electron chi connectivity index (χ4n) is 3.44. The van der Waals surface area contributed by atoms with Crippen LogP contribution in [-0.2, 0) is 9.84 Å². The van der Waals surface area contributed by atoms with Crippen LogP contribution in [0.1, 0.15) is 0 Å². The maximum absolute atomic E-state index is 12.9. The van der Waals surface area contributed by atoms with Crippen LogP contribution in [0.4, 0.5) is 0 Å². The van der Waals surface area contributed by atoms with E-state index in [4.69, 9.17) is 4.74 Å². The van der Waals surface area contributed by atoms with E-state index >= 15 is 0 Å². The van der Waals surface area contributed by atoms with E-state index in [1.807, 2.05) is 24.3 Å². The van der Waals surface area contributed by atoms with E-state index < -0.39 is 9.84 Å². The minimum absolute atomic E-state index is 0.120. The van der Waals surface area contributed by atoms with Crippen LogP contribution in [-0.4, -0.2) is 40.3 Å². The van der Waals surface area contributed by atoms with Crippen molar-refractivity contribution in [2.24, 2.45) is 0 Å². The van der Waals surface area contributed by atoms with E-state index in [0.717, 1.165) is 11.1 Å². The minimum atomic E-state index is -3.76. The number of nitrogens with zero attached hydrogens (tertiary/aromatic N) is 5. The molecule has 3 aromatic heterocycles. The molecule has 0 aliphatic carbocycles. The van der Waals surface area contributed by atoms with E-state index in [1.54, 1.807) is 54.5 Å². The van der Waals surface area contributed by atoms with Crippen molar-refractivity contribution >= 4 is 15.4 Å². The molecule has 0 fully saturated rings. The lowest BCUT2D eigenvalue weighted by molar-refractivity contribution is 0.415. The zero-order chi connectivity index (χ0) is 22.1. The first-order chi connectivity index (χ1) is 15.6. The largest absolute Gasteiger partial charge is 0.497 e. The van der Waals surface area contributed by atoms with Gasteiger partial charge < -0.3 is 4.74 Å². The summed E-state index contributed by atoms with van der Waals surface area (Å²) in [5.74, 6) is 0.694. The summed E-state index contributed by atoms with van der Waals surface area (Å²) in [4.78, 5) is 4.37. The average molecular weight is 443 g/mol. The van der Waals surface area contributed by atoms with E-state index in [-0.39, 0.29) is 9.92 Å². The molecule has 0 saturated carbocycles. The number of benzene rings is 2. The number of hydrogen-bond acceptors (Lipinski definition) is 7. The summed E-state index contributed by atoms with van der Waals surface area (Å²) in [6.45, 7) is 0. The van der Waals surface area contributed by atoms with Crippen molar-refractivity contribution in [3.05, 3.63) is 85.3 Å². The number of ether oxygens (including phenoxy) is 1. The number of aromatic nitrogens is 5. The molecule has 0 bridgehead atoms. The van der Waals surface area contributed by atoms with Crippen molar-refractivity contribution in [1.82, 2.24) is 24.8 Å². The van der Waals surface area contributed by atoms with Crippen LogP contribution in [0.2, 0.25) is 0 Å². The Labute approximate surface area is 184 Å². The Morgan fingerprint density at radius 2 is 1.78 bits per heavy atom. The van der Waals surface area contributed by atoms with E-state index in [0.29, 0.717) is 22.7 Å². The highest BCUT2D eigenvalue weighted by Gasteiger charge is 2.22. The maximum Gasteiger partial charge on any atom is 0.225 e. The number of sulfone groups is 1. The molecule has 0 atom stereocenters. The molecule has 0 radical (unpaired) electrons. The summed E-state index contributed by atoms with van der Waals surface area (Å²) in [5, 5.41) is 12.9. The second-order valence-corrected chi connectivity index (χ2v) is 8.83. The van der Waals surface area contributed by atoms with E-state index in [1.165, 1.54) is 18.2 Å². The Hall–Kier alpha value is -4.11. The number of fused-ring (bicyclic) bond motifs is 1. The second-order valence-electron chi connectivity index (χ2n) is 6.93. The summed E-state index contributed by atoms with van der Waals surface area (Å²) in [7, 11) is -2.16. The normalized spacial score (nSPS) is 11.5. The Morgan fingerprint density at radius 1 is 0.938 bits per heavy atom. The minimum Gasteiger partial charge on any atom is -0.497 e. The lowest BCUT2D eigenvalue weighted by Gasteiger charge is -2.06. The summed E-state index contributed by atoms with van der Waals surface area (Å²) in [6.07, 6.45) is 5.06. The molecule has 5 aromatic rings. The fraction of sp³-hybridized carbons (Fsp3) is 0.0435. The molecule has 0 amide bonds. The summed E-state index contributed by atoms with van der Waals surface area (Å²) < 4.78 is 32.8. The summed E-state index contributed by atoms with van der Waals surface area (Å²) in [5.41, 5.74) is 3.38. The van der Waals surface area contributed by atoms with Crippen molar-refractivity contribution < 1.29 is 13.2 Å². The molecular formula is C23H17N5O3S. The smallest absolute Gasteiger partial charge is 0.225 e. The molecule has 8 nitrogen and oxygen atoms in total. The van der Waals surface area contributed by atoms with Gasteiger partial charge in [-0.05, 0) is 36.4 Å². The Kier molecular flexibility index (Phi) is 4.87. The van der Waals surface area contributed by atoms with Gasteiger partial charge in [-0.3, -0.25) is 4.98 Å². The lowest BCUT2D eigenvalue weighted by Crippen LogP contribution is -2.05. The monoisotopic (exact) mass is 443 g/mol. The first kappa shape index (κ1) is 19.8. The van der Waals surface area contributed by atoms with E-state index in [9.17, 15) is 8.42 Å². The van der Waals surface area contributed by atoms with Gasteiger partial charge >= 0.3 is 0 Å². The van der Waals surface area contributed by atoms with E-state index in [2.05, 4.69) is 20.3 Å². The van der Waals surface area contributed by atoms with Gasteiger partial charge in [-0.1, -0.05) is 30.3 Å². The molecule has 2 aromatic carbocycles. The van der Waals surface area contributed by atoms with Gasteiger partial charge in [0.1, 0.15) is 11.4 Å². The molecule has 32 heavy (non-hydrogen) atoms. The Balaban J connectivity index is 1.65. The van der Waals surface area contributed by atoms with Crippen LogP contribution in [0.5, 0.6) is 5.75 Å². The highest BCUT2D eigenvalue weighted by molar-refractivity contribution is 7.91. The predicted octanol–water partition coefficient (Wildman–Crippen LogP) is 3.69. The van der Waals surface area contributed by atoms with Crippen LogP contribution in [0.25, 0.3) is 28.0 Å². The molecule has 0 aliphatic heterocycles. The highest BCUT2D eigenvalue weighted by Crippen LogP contribution is 2.35. The first-order valence-electron chi connectivity index (χ1n) is 9.69. The Morgan fingerprint density at radius 3 is 2.53 bits per heavy atom. The molecule has 0 N–H and O–H groups in total. The Bertz CT molecular complexity index is 1510. The van der Waals surface area contributed by atoms with Crippen molar-refractivity contribution in [1.29, 1.82) is 0 Å². The number of hydrogen-bond donors (Lipinski definition) is 0. The van der Waals surface area contributed by atoms with Gasteiger partial charge in [0.15, 0.2) is 5.03 Å². The third-order valence-corrected chi connectivity index (χ3v) is 6.67. The van der Waals surface area contributed by atoms with Gasteiger partial charge in [0.25, 0.3) is 0 Å². The predicted molar refractivity (Wildman–Crippen MR) is 118 cm³/mol. The van der Waals surface area contributed by atoms with Crippen LogP contribution in [0.15, 0.2) is 95.2 Å². The first-order valence-corrected chi connectivity index (χ1v) is 11.2. The van der Waals surface area contributed by atoms with Crippen molar-refractivity contribution in [2.45, 2.75) is 9.92 Å². The van der Waals surface area contributed by atoms with Gasteiger partial charge in [-0.15, -0.1) is 10.2 Å². The molecule has 0 spiro atoms. The van der Waals surface area contributed by atoms with Crippen molar-refractivity contribution in [2.75, 3.05) is 7.11 Å². The van der Waals surface area contributed by atoms with Crippen molar-refractivity contribution in [3.63, 3.8) is 0 Å². The molecular weight excluding hydrogens is 426 g/mol. The molecule has 5 rings (SSSR count). The molecule has 0 unspecified atom stereocenters. The highest BCUT2D eigenvalue weighted by atomic mass is 32.2. The van der Waals surface area contributed by atoms with Crippen molar-refractivity contribution in [3.8, 4) is 28.3 Å². The average Bonchev–Trinajstić information content (AvgIpc) is 3.24. The molecule has 158 valence electrons. The van der Waals surface area contributed by atoms with Crippen LogP contribution >= 0.6 is 0 Å².